The molecule has 14 heteroatoms. The third-order valence-corrected chi connectivity index (χ3v) is 28.5. The van der Waals surface area contributed by atoms with Crippen LogP contribution in [-0.4, -0.2) is 17.4 Å². The van der Waals surface area contributed by atoms with Gasteiger partial charge in [-0.15, -0.1) is 11.3 Å². The van der Waals surface area contributed by atoms with E-state index in [1.54, 1.807) is 11.3 Å². The highest BCUT2D eigenvalue weighted by Gasteiger charge is 2.58. The van der Waals surface area contributed by atoms with E-state index in [2.05, 4.69) is 236 Å². The first kappa shape index (κ1) is 26.9. The highest BCUT2D eigenvalue weighted by molar-refractivity contribution is 14.3. The fourth-order valence-electron chi connectivity index (χ4n) is 2.04. The molecule has 1 aliphatic rings. The fourth-order valence-corrected chi connectivity index (χ4v) is 13.3. The van der Waals surface area contributed by atoms with Crippen LogP contribution in [0, 0.1) is 0 Å². The zero-order valence-corrected chi connectivity index (χ0v) is 33.4. The van der Waals surface area contributed by atoms with Gasteiger partial charge in [0.1, 0.15) is 2.98 Å². The van der Waals surface area contributed by atoms with Crippen molar-refractivity contribution in [1.29, 1.82) is 0 Å². The van der Waals surface area contributed by atoms with Gasteiger partial charge in [-0.2, -0.15) is 0 Å². The Morgan fingerprint density at radius 1 is 0.958 bits per heavy atom. The topological polar surface area (TPSA) is 50.9 Å². The number of anilines is 1. The van der Waals surface area contributed by atoms with Gasteiger partial charge in [-0.1, -0.05) is 181 Å². The van der Waals surface area contributed by atoms with Gasteiger partial charge in [-0.25, -0.2) is 4.98 Å². The highest BCUT2D eigenvalue weighted by Crippen LogP contribution is 2.64. The van der Waals surface area contributed by atoms with E-state index in [0.717, 1.165) is 0 Å². The van der Waals surface area contributed by atoms with Crippen molar-refractivity contribution in [3.05, 3.63) is 10.6 Å². The molecule has 0 spiro atoms. The number of thiazole rings is 1. The number of rotatable bonds is 4. The van der Waals surface area contributed by atoms with Gasteiger partial charge in [0.2, 0.25) is 0 Å². The van der Waals surface area contributed by atoms with Crippen LogP contribution in [-0.2, 0) is 0 Å². The third kappa shape index (κ3) is 5.78. The average Bonchev–Trinajstić information content (AvgIpc) is 2.82. The summed E-state index contributed by atoms with van der Waals surface area (Å²) < 4.78 is 1.20. The standard InChI is InChI=1S/C10H7I10N3S/c11-1-2(12)5-6(24-7(21)22-5)3(13)4(1)23-10(19,20)8(14,15)9(16,17)18/h1-4,23H,(H2,21,22). The Morgan fingerprint density at radius 3 is 2.00 bits per heavy atom. The summed E-state index contributed by atoms with van der Waals surface area (Å²) in [4.78, 5) is 5.93. The monoisotopic (exact) mass is 1470 g/mol. The molecule has 138 valence electrons. The number of halogens is 10. The van der Waals surface area contributed by atoms with Crippen LogP contribution in [0.1, 0.15) is 18.4 Å². The molecule has 3 N–H and O–H groups in total. The zero-order valence-electron chi connectivity index (χ0n) is 11.0. The molecule has 1 heterocycles. The molecule has 0 aliphatic heterocycles. The molecule has 0 fully saturated rings. The molecule has 1 aromatic heterocycles. The summed E-state index contributed by atoms with van der Waals surface area (Å²) in [5.41, 5.74) is 7.18. The van der Waals surface area contributed by atoms with Crippen LogP contribution in [0.25, 0.3) is 0 Å². The average molecular weight is 1470 g/mol. The van der Waals surface area contributed by atoms with E-state index in [0.29, 0.717) is 22.9 Å². The van der Waals surface area contributed by atoms with Crippen molar-refractivity contribution in [3.8, 4) is 0 Å². The van der Waals surface area contributed by atoms with Crippen LogP contribution < -0.4 is 11.1 Å². The summed E-state index contributed by atoms with van der Waals surface area (Å²) in [5, 5.41) is 4.67. The predicted molar refractivity (Wildman–Crippen MR) is 191 cm³/mol. The van der Waals surface area contributed by atoms with Crippen LogP contribution in [0.3, 0.4) is 0 Å². The molecule has 4 unspecified atom stereocenters. The summed E-state index contributed by atoms with van der Waals surface area (Å²) in [5.74, 6) is 0. The molecule has 1 aromatic rings. The molecule has 0 amide bonds. The Hall–Kier alpha value is 6.69. The maximum absolute atomic E-state index is 6.00. The SMILES string of the molecule is Nc1nc2c(s1)C(I)C(NC(I)(I)C(I)(I)C(I)(I)I)C(I)C2I. The number of hydrogen-bond acceptors (Lipinski definition) is 4. The number of fused-ring (bicyclic) bond motifs is 1. The molecule has 1 aliphatic carbocycles. The normalized spacial score (nSPS) is 28.8. The first-order chi connectivity index (χ1) is 10.7. The fraction of sp³-hybridized carbons (Fsp3) is 0.700. The van der Waals surface area contributed by atoms with Gasteiger partial charge in [0.25, 0.3) is 0 Å². The van der Waals surface area contributed by atoms with Crippen LogP contribution in [0.15, 0.2) is 0 Å². The van der Waals surface area contributed by atoms with E-state index in [1.165, 1.54) is 10.6 Å². The largest absolute Gasteiger partial charge is 0.375 e. The zero-order chi connectivity index (χ0) is 18.7. The maximum atomic E-state index is 6.00. The molecule has 3 nitrogen and oxygen atoms in total. The summed E-state index contributed by atoms with van der Waals surface area (Å²) in [6.07, 6.45) is 0. The first-order valence-corrected chi connectivity index (χ1v) is 18.1. The molecule has 0 aromatic carbocycles. The van der Waals surface area contributed by atoms with Crippen molar-refractivity contribution < 1.29 is 0 Å². The maximum Gasteiger partial charge on any atom is 0.180 e. The molecule has 2 rings (SSSR count). The second kappa shape index (κ2) is 10.3. The number of nitrogen functional groups attached to an aromatic ring is 1. The summed E-state index contributed by atoms with van der Waals surface area (Å²) in [6.45, 7) is 0. The van der Waals surface area contributed by atoms with E-state index >= 15 is 0 Å². The van der Waals surface area contributed by atoms with Crippen molar-refractivity contribution >= 4 is 242 Å². The van der Waals surface area contributed by atoms with Crippen LogP contribution in [0.2, 0.25) is 0 Å². The van der Waals surface area contributed by atoms with Gasteiger partial charge in [-0.3, -0.25) is 5.32 Å². The van der Waals surface area contributed by atoms with Crippen molar-refractivity contribution in [2.45, 2.75) is 20.2 Å². The van der Waals surface area contributed by atoms with Gasteiger partial charge in [-0.05, 0) is 45.2 Å². The van der Waals surface area contributed by atoms with E-state index < -0.39 is 0 Å². The number of aromatic nitrogens is 1. The lowest BCUT2D eigenvalue weighted by atomic mass is 9.97. The summed E-state index contributed by atoms with van der Waals surface area (Å²) >= 11 is 27.3. The van der Waals surface area contributed by atoms with Gasteiger partial charge in [0.15, 0.2) is 4.57 Å². The number of alkyl halides is 10. The summed E-state index contributed by atoms with van der Waals surface area (Å²) in [6, 6.07) is 0.365. The van der Waals surface area contributed by atoms with Crippen molar-refractivity contribution in [2.24, 2.45) is 0 Å². The number of nitrogens with two attached hydrogens (primary N) is 1. The van der Waals surface area contributed by atoms with Gasteiger partial charge >= 0.3 is 0 Å². The van der Waals surface area contributed by atoms with E-state index in [-0.39, 0.29) is 2.42 Å². The van der Waals surface area contributed by atoms with Crippen LogP contribution >= 0.6 is 237 Å². The molecule has 0 saturated heterocycles. The lowest BCUT2D eigenvalue weighted by Crippen LogP contribution is -2.59. The Balaban J connectivity index is 2.36. The number of nitrogens with zero attached hydrogens (tertiary/aromatic N) is 1. The quantitative estimate of drug-likeness (QED) is 0.181. The molecular formula is C10H7I10N3S. The van der Waals surface area contributed by atoms with E-state index in [9.17, 15) is 0 Å². The van der Waals surface area contributed by atoms with Gasteiger partial charge in [0, 0.05) is 14.8 Å². The minimum absolute atomic E-state index is 0.0127. The minimum Gasteiger partial charge on any atom is -0.375 e. The van der Waals surface area contributed by atoms with Crippen LogP contribution in [0.5, 0.6) is 0 Å². The second-order valence-corrected chi connectivity index (χ2v) is 31.7. The molecule has 0 radical (unpaired) electrons. The minimum atomic E-state index is -0.102. The highest BCUT2D eigenvalue weighted by atomic mass is 127. The van der Waals surface area contributed by atoms with Gasteiger partial charge in [0.05, 0.1) is 13.5 Å². The Bertz CT molecular complexity index is 615. The Morgan fingerprint density at radius 2 is 1.50 bits per heavy atom. The summed E-state index contributed by atoms with van der Waals surface area (Å²) in [7, 11) is 0. The van der Waals surface area contributed by atoms with E-state index in [4.69, 9.17) is 5.73 Å². The molecular weight excluding hydrogens is 1460 g/mol. The molecule has 0 saturated carbocycles. The number of nitrogens with one attached hydrogen (secondary N) is 1. The smallest absolute Gasteiger partial charge is 0.180 e. The Kier molecular flexibility index (Phi) is 11.6. The molecule has 0 bridgehead atoms. The van der Waals surface area contributed by atoms with Crippen molar-refractivity contribution in [1.82, 2.24) is 10.3 Å². The third-order valence-electron chi connectivity index (χ3n) is 3.25. The number of hydrogen-bond donors (Lipinski definition) is 2. The molecule has 4 atom stereocenters. The lowest BCUT2D eigenvalue weighted by molar-refractivity contribution is 0.470. The second-order valence-electron chi connectivity index (χ2n) is 4.87. The van der Waals surface area contributed by atoms with Crippen molar-refractivity contribution in [2.75, 3.05) is 5.73 Å². The predicted octanol–water partition coefficient (Wildman–Crippen LogP) is 8.50. The van der Waals surface area contributed by atoms with E-state index in [1.807, 2.05) is 0 Å². The Labute approximate surface area is 281 Å². The van der Waals surface area contributed by atoms with Crippen LogP contribution in [0.4, 0.5) is 5.13 Å². The lowest BCUT2D eigenvalue weighted by Gasteiger charge is -2.46. The van der Waals surface area contributed by atoms with Gasteiger partial charge < -0.3 is 5.73 Å². The first-order valence-electron chi connectivity index (χ1n) is 5.99. The van der Waals surface area contributed by atoms with Crippen molar-refractivity contribution in [3.63, 3.8) is 0 Å². The molecule has 24 heavy (non-hydrogen) atoms.